The Hall–Kier alpha value is -2.56. The topological polar surface area (TPSA) is 141 Å². The van der Waals surface area contributed by atoms with E-state index in [9.17, 15) is 25.2 Å². The molecule has 2 aromatic rings. The molecule has 1 aliphatic rings. The Morgan fingerprint density at radius 2 is 1.87 bits per heavy atom. The Labute approximate surface area is 180 Å². The number of aliphatic hydroxyl groups is 4. The first-order chi connectivity index (χ1) is 14.7. The molecule has 1 amide bonds. The fourth-order valence-electron chi connectivity index (χ4n) is 3.32. The van der Waals surface area contributed by atoms with Crippen molar-refractivity contribution in [2.75, 3.05) is 6.61 Å². The Bertz CT molecular complexity index is 918. The number of nitrogens with one attached hydrogen (secondary N) is 1. The monoisotopic (exact) mass is 432 g/mol. The van der Waals surface area contributed by atoms with Gasteiger partial charge < -0.3 is 35.2 Å². The highest BCUT2D eigenvalue weighted by Crippen LogP contribution is 2.30. The highest BCUT2D eigenvalue weighted by molar-refractivity contribution is 5.95. The van der Waals surface area contributed by atoms with E-state index in [1.165, 1.54) is 6.20 Å². The summed E-state index contributed by atoms with van der Waals surface area (Å²) in [5.74, 6) is 0.193. The van der Waals surface area contributed by atoms with Crippen LogP contribution in [0, 0.1) is 6.92 Å². The second-order valence-corrected chi connectivity index (χ2v) is 7.89. The van der Waals surface area contributed by atoms with Crippen molar-refractivity contribution >= 4 is 5.91 Å². The average molecular weight is 432 g/mol. The number of carbonyl (C=O) groups is 1. The summed E-state index contributed by atoms with van der Waals surface area (Å²) >= 11 is 0. The van der Waals surface area contributed by atoms with Crippen LogP contribution in [0.3, 0.4) is 0 Å². The lowest BCUT2D eigenvalue weighted by Crippen LogP contribution is -2.60. The minimum atomic E-state index is -1.51. The van der Waals surface area contributed by atoms with Crippen molar-refractivity contribution in [1.29, 1.82) is 0 Å². The van der Waals surface area contributed by atoms with Crippen molar-refractivity contribution < 1.29 is 34.7 Å². The lowest BCUT2D eigenvalue weighted by Gasteiger charge is -2.39. The van der Waals surface area contributed by atoms with Crippen LogP contribution in [0.4, 0.5) is 0 Å². The Balaban J connectivity index is 1.78. The van der Waals surface area contributed by atoms with Crippen molar-refractivity contribution in [3.63, 3.8) is 0 Å². The summed E-state index contributed by atoms with van der Waals surface area (Å²) in [6, 6.07) is 7.04. The molecule has 0 saturated carbocycles. The number of amides is 1. The fourth-order valence-corrected chi connectivity index (χ4v) is 3.32. The summed E-state index contributed by atoms with van der Waals surface area (Å²) in [5.41, 5.74) is 2.72. The van der Waals surface area contributed by atoms with E-state index in [1.807, 2.05) is 19.9 Å². The number of pyridine rings is 1. The fraction of sp³-hybridized carbons (Fsp3) is 0.455. The molecule has 9 heteroatoms. The van der Waals surface area contributed by atoms with Gasteiger partial charge in [0.05, 0.1) is 12.2 Å². The zero-order chi connectivity index (χ0) is 22.7. The zero-order valence-corrected chi connectivity index (χ0v) is 17.6. The van der Waals surface area contributed by atoms with Gasteiger partial charge in [-0.3, -0.25) is 9.78 Å². The third-order valence-electron chi connectivity index (χ3n) is 5.02. The molecular weight excluding hydrogens is 404 g/mol. The van der Waals surface area contributed by atoms with Crippen LogP contribution in [0.15, 0.2) is 36.7 Å². The zero-order valence-electron chi connectivity index (χ0n) is 17.6. The molecule has 1 fully saturated rings. The summed E-state index contributed by atoms with van der Waals surface area (Å²) in [4.78, 5) is 16.4. The summed E-state index contributed by atoms with van der Waals surface area (Å²) < 4.78 is 11.1. The number of rotatable bonds is 6. The summed E-state index contributed by atoms with van der Waals surface area (Å²) in [5, 5.41) is 42.1. The van der Waals surface area contributed by atoms with Crippen LogP contribution in [0.25, 0.3) is 11.1 Å². The molecule has 1 aliphatic heterocycles. The maximum absolute atomic E-state index is 12.2. The normalized spacial score (nSPS) is 26.0. The van der Waals surface area contributed by atoms with Gasteiger partial charge in [-0.25, -0.2) is 0 Å². The second kappa shape index (κ2) is 9.71. The first-order valence-corrected chi connectivity index (χ1v) is 10.1. The number of ether oxygens (including phenoxy) is 2. The molecule has 9 nitrogen and oxygen atoms in total. The van der Waals surface area contributed by atoms with Gasteiger partial charge in [0, 0.05) is 24.0 Å². The molecule has 5 unspecified atom stereocenters. The predicted molar refractivity (Wildman–Crippen MR) is 111 cm³/mol. The predicted octanol–water partition coefficient (Wildman–Crippen LogP) is 0.374. The number of hydrogen-bond donors (Lipinski definition) is 5. The molecule has 168 valence electrons. The molecule has 5 N–H and O–H groups in total. The van der Waals surface area contributed by atoms with E-state index in [0.29, 0.717) is 16.9 Å². The number of hydrogen-bond acceptors (Lipinski definition) is 8. The summed E-state index contributed by atoms with van der Waals surface area (Å²) in [6.07, 6.45) is -3.60. The molecule has 0 spiro atoms. The second-order valence-electron chi connectivity index (χ2n) is 7.89. The minimum absolute atomic E-state index is 0.0113. The number of aromatic nitrogens is 1. The third-order valence-corrected chi connectivity index (χ3v) is 5.02. The minimum Gasteiger partial charge on any atom is -0.462 e. The molecule has 0 aliphatic carbocycles. The van der Waals surface area contributed by atoms with E-state index in [0.717, 1.165) is 11.1 Å². The molecule has 3 rings (SSSR count). The van der Waals surface area contributed by atoms with E-state index in [1.54, 1.807) is 31.3 Å². The smallest absolute Gasteiger partial charge is 0.253 e. The van der Waals surface area contributed by atoms with Gasteiger partial charge in [0.2, 0.25) is 6.29 Å². The molecule has 1 aromatic heterocycles. The van der Waals surface area contributed by atoms with Crippen molar-refractivity contribution in [3.05, 3.63) is 47.8 Å². The highest BCUT2D eigenvalue weighted by Gasteiger charge is 2.44. The molecule has 0 bridgehead atoms. The highest BCUT2D eigenvalue weighted by atomic mass is 16.7. The SMILES string of the molecule is Cc1cc(-c2cncc(C(=O)NC(C)C)c2)ccc1OC1OC(CO)C(O)C(O)C1O. The Kier molecular flexibility index (Phi) is 7.24. The van der Waals surface area contributed by atoms with Gasteiger partial charge in [0.15, 0.2) is 0 Å². The van der Waals surface area contributed by atoms with Gasteiger partial charge >= 0.3 is 0 Å². The number of nitrogens with zero attached hydrogens (tertiary/aromatic N) is 1. The van der Waals surface area contributed by atoms with Crippen LogP contribution in [0.2, 0.25) is 0 Å². The van der Waals surface area contributed by atoms with E-state index in [-0.39, 0.29) is 11.9 Å². The number of aliphatic hydroxyl groups excluding tert-OH is 4. The molecule has 2 heterocycles. The number of carbonyl (C=O) groups excluding carboxylic acids is 1. The van der Waals surface area contributed by atoms with Gasteiger partial charge in [0.25, 0.3) is 5.91 Å². The molecule has 0 radical (unpaired) electrons. The van der Waals surface area contributed by atoms with Crippen molar-refractivity contribution in [3.8, 4) is 16.9 Å². The average Bonchev–Trinajstić information content (AvgIpc) is 2.75. The lowest BCUT2D eigenvalue weighted by molar-refractivity contribution is -0.277. The molecule has 1 aromatic carbocycles. The number of benzene rings is 1. The van der Waals surface area contributed by atoms with E-state index in [4.69, 9.17) is 9.47 Å². The van der Waals surface area contributed by atoms with Crippen LogP contribution in [-0.2, 0) is 4.74 Å². The van der Waals surface area contributed by atoms with E-state index < -0.39 is 37.3 Å². The van der Waals surface area contributed by atoms with Crippen molar-refractivity contribution in [2.24, 2.45) is 0 Å². The molecule has 31 heavy (non-hydrogen) atoms. The first-order valence-electron chi connectivity index (χ1n) is 10.1. The lowest BCUT2D eigenvalue weighted by atomic mass is 9.99. The van der Waals surface area contributed by atoms with Gasteiger partial charge in [-0.15, -0.1) is 0 Å². The Morgan fingerprint density at radius 1 is 1.13 bits per heavy atom. The van der Waals surface area contributed by atoms with Crippen molar-refractivity contribution in [2.45, 2.75) is 57.5 Å². The van der Waals surface area contributed by atoms with Crippen LogP contribution in [-0.4, -0.2) is 74.7 Å². The van der Waals surface area contributed by atoms with Crippen molar-refractivity contribution in [1.82, 2.24) is 10.3 Å². The van der Waals surface area contributed by atoms with Gasteiger partial charge in [-0.2, -0.15) is 0 Å². The van der Waals surface area contributed by atoms with Crippen LogP contribution in [0.1, 0.15) is 29.8 Å². The van der Waals surface area contributed by atoms with Crippen LogP contribution in [0.5, 0.6) is 5.75 Å². The maximum atomic E-state index is 12.2. The molecular formula is C22H28N2O7. The number of aryl methyl sites for hydroxylation is 1. The molecule has 5 atom stereocenters. The first kappa shape index (κ1) is 23.1. The summed E-state index contributed by atoms with van der Waals surface area (Å²) in [7, 11) is 0. The Morgan fingerprint density at radius 3 is 2.52 bits per heavy atom. The van der Waals surface area contributed by atoms with E-state index >= 15 is 0 Å². The summed E-state index contributed by atoms with van der Waals surface area (Å²) in [6.45, 7) is 5.03. The quantitative estimate of drug-likeness (QED) is 0.441. The standard InChI is InChI=1S/C22H28N2O7/c1-11(2)24-21(29)15-7-14(8-23-9-15)13-4-5-16(12(3)6-13)30-22-20(28)19(27)18(26)17(10-25)31-22/h4-9,11,17-20,22,25-28H,10H2,1-3H3,(H,24,29). The van der Waals surface area contributed by atoms with Gasteiger partial charge in [0.1, 0.15) is 30.2 Å². The van der Waals surface area contributed by atoms with Crippen LogP contribution < -0.4 is 10.1 Å². The molecule has 1 saturated heterocycles. The van der Waals surface area contributed by atoms with Gasteiger partial charge in [-0.05, 0) is 50.1 Å². The largest absolute Gasteiger partial charge is 0.462 e. The third kappa shape index (κ3) is 5.20. The van der Waals surface area contributed by atoms with Gasteiger partial charge in [-0.1, -0.05) is 6.07 Å². The van der Waals surface area contributed by atoms with E-state index in [2.05, 4.69) is 10.3 Å². The maximum Gasteiger partial charge on any atom is 0.253 e. The van der Waals surface area contributed by atoms with Crippen LogP contribution >= 0.6 is 0 Å².